The molecule has 0 N–H and O–H groups in total. The van der Waals surface area contributed by atoms with Gasteiger partial charge in [-0.15, -0.1) is 0 Å². The molecule has 2 aliphatic heterocycles. The molecule has 2 aliphatic carbocycles. The standard InChI is InChI=1S/2C14H18N2.C6H12O2.C6H8O.C2H6/c2*1-9-6-11(15-5)7-12-10(2)8-14(3,4)16-13(9)12;1-3-5-6(7)8-4-2;1-2-6-4-3-5-7-6;1-2/h2*6-8H,1-5H3;3-5H2,1-2H3;3-5H,2H2,1H3;1-2H3. The monoisotopic (exact) mass is 670 g/mol. The van der Waals surface area contributed by atoms with Gasteiger partial charge in [0.2, 0.25) is 0 Å². The Hall–Kier alpha value is -4.13. The summed E-state index contributed by atoms with van der Waals surface area (Å²) in [6.45, 7) is 27.4. The Bertz CT molecular complexity index is 1480. The molecule has 0 amide bonds. The molecular formula is C42H62N4O3. The smallest absolute Gasteiger partial charge is 0.305 e. The lowest BCUT2D eigenvalue weighted by Gasteiger charge is -2.28. The Morgan fingerprint density at radius 2 is 1.20 bits per heavy atom. The van der Waals surface area contributed by atoms with Gasteiger partial charge in [-0.3, -0.25) is 24.8 Å². The first-order valence-corrected chi connectivity index (χ1v) is 17.6. The number of furan rings is 1. The van der Waals surface area contributed by atoms with Crippen molar-refractivity contribution in [1.29, 1.82) is 0 Å². The van der Waals surface area contributed by atoms with Gasteiger partial charge in [-0.1, -0.05) is 39.8 Å². The van der Waals surface area contributed by atoms with Gasteiger partial charge in [0.05, 0.1) is 46.8 Å². The van der Waals surface area contributed by atoms with E-state index in [1.165, 1.54) is 33.4 Å². The Balaban J connectivity index is 0.000000340. The van der Waals surface area contributed by atoms with E-state index in [0.717, 1.165) is 41.4 Å². The number of fused-ring (bicyclic) bond motifs is 2. The number of hydrogen-bond acceptors (Lipinski definition) is 7. The third-order valence-electron chi connectivity index (χ3n) is 7.56. The van der Waals surface area contributed by atoms with Gasteiger partial charge in [0.1, 0.15) is 5.76 Å². The molecule has 3 heterocycles. The summed E-state index contributed by atoms with van der Waals surface area (Å²) in [6.07, 6.45) is 17.0. The van der Waals surface area contributed by atoms with Gasteiger partial charge in [0.25, 0.3) is 0 Å². The first-order chi connectivity index (χ1) is 23.1. The number of carbonyl (C=O) groups excluding carboxylic acids is 1. The van der Waals surface area contributed by atoms with Crippen LogP contribution in [0.25, 0.3) is 0 Å². The van der Waals surface area contributed by atoms with Crippen LogP contribution in [0.4, 0.5) is 0 Å². The Morgan fingerprint density at radius 3 is 1.51 bits per heavy atom. The third kappa shape index (κ3) is 13.7. The van der Waals surface area contributed by atoms with Crippen molar-refractivity contribution in [2.24, 2.45) is 20.0 Å². The third-order valence-corrected chi connectivity index (χ3v) is 7.56. The van der Waals surface area contributed by atoms with Crippen molar-refractivity contribution in [3.8, 4) is 0 Å². The summed E-state index contributed by atoms with van der Waals surface area (Å²) in [4.78, 5) is 28.5. The van der Waals surface area contributed by atoms with Gasteiger partial charge in [0, 0.05) is 38.1 Å². The van der Waals surface area contributed by atoms with Crippen LogP contribution in [0.3, 0.4) is 0 Å². The second kappa shape index (κ2) is 20.4. The Kier molecular flexibility index (Phi) is 17.9. The fraction of sp³-hybridized carbons (Fsp3) is 0.500. The number of aryl methyl sites for hydroxylation is 1. The number of dihydropyridines is 2. The van der Waals surface area contributed by atoms with E-state index in [4.69, 9.17) is 14.4 Å². The normalized spacial score (nSPS) is 19.5. The molecule has 1 aromatic heterocycles. The molecule has 4 aliphatic rings. The van der Waals surface area contributed by atoms with Gasteiger partial charge in [0.15, 0.2) is 0 Å². The lowest BCUT2D eigenvalue weighted by atomic mass is 9.85. The summed E-state index contributed by atoms with van der Waals surface area (Å²) in [6, 6.07) is 3.87. The highest BCUT2D eigenvalue weighted by Crippen LogP contribution is 2.32. The van der Waals surface area contributed by atoms with E-state index in [-0.39, 0.29) is 17.0 Å². The van der Waals surface area contributed by atoms with Crippen LogP contribution in [0.1, 0.15) is 109 Å². The second-order valence-corrected chi connectivity index (χ2v) is 12.9. The maximum Gasteiger partial charge on any atom is 0.305 e. The van der Waals surface area contributed by atoms with Gasteiger partial charge in [-0.25, -0.2) is 0 Å². The van der Waals surface area contributed by atoms with Crippen LogP contribution in [-0.4, -0.2) is 60.6 Å². The molecule has 0 unspecified atom stereocenters. The number of aliphatic imine (C=N–C) groups is 4. The minimum atomic E-state index is -0.0906. The molecule has 0 radical (unpaired) electrons. The molecule has 7 heteroatoms. The van der Waals surface area contributed by atoms with E-state index < -0.39 is 0 Å². The van der Waals surface area contributed by atoms with Crippen molar-refractivity contribution in [2.45, 2.75) is 120 Å². The summed E-state index contributed by atoms with van der Waals surface area (Å²) in [5.74, 6) is 0.968. The maximum absolute atomic E-state index is 10.4. The average molecular weight is 671 g/mol. The number of esters is 1. The van der Waals surface area contributed by atoms with Gasteiger partial charge in [-0.2, -0.15) is 0 Å². The first kappa shape index (κ1) is 42.9. The summed E-state index contributed by atoms with van der Waals surface area (Å²) in [5, 5.41) is 0. The number of ether oxygens (including phenoxy) is 1. The van der Waals surface area contributed by atoms with Crippen LogP contribution < -0.4 is 0 Å². The van der Waals surface area contributed by atoms with Crippen molar-refractivity contribution >= 4 is 28.8 Å². The number of rotatable bonds is 4. The molecule has 0 bridgehead atoms. The second-order valence-electron chi connectivity index (χ2n) is 12.9. The van der Waals surface area contributed by atoms with Crippen LogP contribution >= 0.6 is 0 Å². The molecule has 0 atom stereocenters. The number of allylic oxidation sites excluding steroid dienone is 10. The van der Waals surface area contributed by atoms with Gasteiger partial charge < -0.3 is 9.15 Å². The molecule has 5 rings (SSSR count). The predicted octanol–water partition coefficient (Wildman–Crippen LogP) is 10.5. The van der Waals surface area contributed by atoms with Crippen molar-refractivity contribution in [2.75, 3.05) is 20.7 Å². The van der Waals surface area contributed by atoms with Crippen LogP contribution in [0.15, 0.2) is 113 Å². The van der Waals surface area contributed by atoms with Crippen LogP contribution in [0.2, 0.25) is 0 Å². The van der Waals surface area contributed by atoms with Crippen molar-refractivity contribution in [3.63, 3.8) is 0 Å². The molecule has 7 nitrogen and oxygen atoms in total. The Morgan fingerprint density at radius 1 is 0.755 bits per heavy atom. The van der Waals surface area contributed by atoms with E-state index in [9.17, 15) is 4.79 Å². The topological polar surface area (TPSA) is 88.9 Å². The van der Waals surface area contributed by atoms with Gasteiger partial charge >= 0.3 is 5.97 Å². The zero-order valence-corrected chi connectivity index (χ0v) is 33.0. The fourth-order valence-electron chi connectivity index (χ4n) is 5.48. The van der Waals surface area contributed by atoms with E-state index in [1.807, 2.05) is 53.9 Å². The van der Waals surface area contributed by atoms with E-state index in [1.54, 1.807) is 6.26 Å². The molecule has 49 heavy (non-hydrogen) atoms. The SMILES string of the molecule is CC.CCCC(=O)OCC.CCc1ccco1.CN=C1C=C(C)C2=NC(C)(C)C=C(C)C2=C1.CN=C1C=C(C)C2=NC(C)(C)C=C(C)C2=C1. The summed E-state index contributed by atoms with van der Waals surface area (Å²) in [7, 11) is 3.65. The zero-order valence-electron chi connectivity index (χ0n) is 33.0. The molecule has 0 aromatic carbocycles. The van der Waals surface area contributed by atoms with Crippen LogP contribution in [-0.2, 0) is 16.0 Å². The molecular weight excluding hydrogens is 608 g/mol. The quantitative estimate of drug-likeness (QED) is 0.236. The van der Waals surface area contributed by atoms with E-state index in [0.29, 0.717) is 13.0 Å². The van der Waals surface area contributed by atoms with Gasteiger partial charge in [-0.05, 0) is 127 Å². The summed E-state index contributed by atoms with van der Waals surface area (Å²) >= 11 is 0. The maximum atomic E-state index is 10.4. The first-order valence-electron chi connectivity index (χ1n) is 17.6. The lowest BCUT2D eigenvalue weighted by molar-refractivity contribution is -0.143. The van der Waals surface area contributed by atoms with Crippen molar-refractivity contribution in [3.05, 3.63) is 94.1 Å². The van der Waals surface area contributed by atoms with Crippen molar-refractivity contribution < 1.29 is 13.9 Å². The average Bonchev–Trinajstić information content (AvgIpc) is 3.58. The summed E-state index contributed by atoms with van der Waals surface area (Å²) in [5.41, 5.74) is 11.6. The highest BCUT2D eigenvalue weighted by atomic mass is 16.5. The molecule has 1 aromatic rings. The molecule has 0 fully saturated rings. The number of nitrogens with zero attached hydrogens (tertiary/aromatic N) is 4. The fourth-order valence-corrected chi connectivity index (χ4v) is 5.48. The molecule has 0 saturated carbocycles. The van der Waals surface area contributed by atoms with Crippen molar-refractivity contribution in [1.82, 2.24) is 0 Å². The highest BCUT2D eigenvalue weighted by molar-refractivity contribution is 6.27. The Labute approximate surface area is 297 Å². The lowest BCUT2D eigenvalue weighted by Crippen LogP contribution is -2.26. The number of hydrogen-bond donors (Lipinski definition) is 0. The minimum absolute atomic E-state index is 0.0880. The highest BCUT2D eigenvalue weighted by Gasteiger charge is 2.27. The molecule has 0 spiro atoms. The van der Waals surface area contributed by atoms with Crippen LogP contribution in [0, 0.1) is 0 Å². The zero-order chi connectivity index (χ0) is 37.4. The predicted molar refractivity (Wildman–Crippen MR) is 212 cm³/mol. The largest absolute Gasteiger partial charge is 0.469 e. The summed E-state index contributed by atoms with van der Waals surface area (Å²) < 4.78 is 9.63. The van der Waals surface area contributed by atoms with E-state index in [2.05, 4.69) is 113 Å². The van der Waals surface area contributed by atoms with Crippen LogP contribution in [0.5, 0.6) is 0 Å². The molecule has 0 saturated heterocycles. The molecule has 268 valence electrons. The minimum Gasteiger partial charge on any atom is -0.469 e. The van der Waals surface area contributed by atoms with E-state index >= 15 is 0 Å². The number of carbonyl (C=O) groups is 1.